The third kappa shape index (κ3) is 4.09. The van der Waals surface area contributed by atoms with Gasteiger partial charge < -0.3 is 10.2 Å². The fraction of sp³-hybridized carbons (Fsp3) is 0.368. The first-order chi connectivity index (χ1) is 11.2. The molecule has 1 aliphatic rings. The highest BCUT2D eigenvalue weighted by Gasteiger charge is 2.17. The van der Waals surface area contributed by atoms with Gasteiger partial charge in [-0.05, 0) is 36.5 Å². The predicted octanol–water partition coefficient (Wildman–Crippen LogP) is 3.25. The molecule has 120 valence electrons. The third-order valence-corrected chi connectivity index (χ3v) is 4.30. The number of benzene rings is 1. The zero-order chi connectivity index (χ0) is 16.1. The van der Waals surface area contributed by atoms with Gasteiger partial charge in [0.1, 0.15) is 5.69 Å². The molecule has 1 fully saturated rings. The first-order valence-corrected chi connectivity index (χ1v) is 8.25. The lowest BCUT2D eigenvalue weighted by molar-refractivity contribution is 0.0946. The summed E-state index contributed by atoms with van der Waals surface area (Å²) in [6.45, 7) is 4.95. The van der Waals surface area contributed by atoms with Crippen LogP contribution >= 0.6 is 0 Å². The zero-order valence-electron chi connectivity index (χ0n) is 13.5. The van der Waals surface area contributed by atoms with E-state index in [2.05, 4.69) is 22.1 Å². The summed E-state index contributed by atoms with van der Waals surface area (Å²) in [5, 5.41) is 2.91. The van der Waals surface area contributed by atoms with Gasteiger partial charge in [0.2, 0.25) is 0 Å². The number of hydrogen-bond acceptors (Lipinski definition) is 3. The molecule has 1 atom stereocenters. The molecule has 0 spiro atoms. The van der Waals surface area contributed by atoms with Gasteiger partial charge in [-0.15, -0.1) is 0 Å². The number of rotatable bonds is 4. The molecule has 1 N–H and O–H groups in total. The normalized spacial score (nSPS) is 17.8. The molecule has 1 aromatic heterocycles. The Labute approximate surface area is 137 Å². The van der Waals surface area contributed by atoms with Crippen molar-refractivity contribution in [2.24, 2.45) is 5.92 Å². The molecule has 4 heteroatoms. The van der Waals surface area contributed by atoms with Crippen LogP contribution in [0.25, 0.3) is 0 Å². The Balaban J connectivity index is 1.59. The fourth-order valence-corrected chi connectivity index (χ4v) is 3.00. The highest BCUT2D eigenvalue weighted by molar-refractivity contribution is 5.92. The van der Waals surface area contributed by atoms with Crippen molar-refractivity contribution in [1.82, 2.24) is 10.3 Å². The summed E-state index contributed by atoms with van der Waals surface area (Å²) in [6, 6.07) is 13.7. The molecule has 1 aromatic carbocycles. The van der Waals surface area contributed by atoms with Crippen molar-refractivity contribution in [1.29, 1.82) is 0 Å². The van der Waals surface area contributed by atoms with E-state index in [4.69, 9.17) is 0 Å². The highest BCUT2D eigenvalue weighted by Crippen LogP contribution is 2.22. The number of anilines is 1. The van der Waals surface area contributed by atoms with Crippen molar-refractivity contribution >= 4 is 11.6 Å². The average molecular weight is 309 g/mol. The van der Waals surface area contributed by atoms with Crippen molar-refractivity contribution in [3.63, 3.8) is 0 Å². The number of amides is 1. The molecule has 3 rings (SSSR count). The van der Waals surface area contributed by atoms with Gasteiger partial charge in [0.05, 0.1) is 11.9 Å². The van der Waals surface area contributed by atoms with Gasteiger partial charge in [-0.25, -0.2) is 4.98 Å². The van der Waals surface area contributed by atoms with Gasteiger partial charge in [-0.2, -0.15) is 0 Å². The molecule has 23 heavy (non-hydrogen) atoms. The van der Waals surface area contributed by atoms with E-state index in [0.29, 0.717) is 12.2 Å². The minimum absolute atomic E-state index is 0.132. The first-order valence-electron chi connectivity index (χ1n) is 8.25. The second-order valence-corrected chi connectivity index (χ2v) is 6.26. The monoisotopic (exact) mass is 309 g/mol. The Hall–Kier alpha value is -2.36. The standard InChI is InChI=1S/C19H23N3O/c1-15-6-5-11-22(14-15)17-9-10-18(20-13-17)19(23)21-12-16-7-3-2-4-8-16/h2-4,7-10,13,15H,5-6,11-12,14H2,1H3,(H,21,23). The summed E-state index contributed by atoms with van der Waals surface area (Å²) in [5.74, 6) is 0.588. The van der Waals surface area contributed by atoms with E-state index in [-0.39, 0.29) is 5.91 Å². The second kappa shape index (κ2) is 7.27. The number of nitrogens with zero attached hydrogens (tertiary/aromatic N) is 2. The molecule has 1 unspecified atom stereocenters. The zero-order valence-corrected chi connectivity index (χ0v) is 13.5. The Morgan fingerprint density at radius 2 is 2.09 bits per heavy atom. The van der Waals surface area contributed by atoms with E-state index in [0.717, 1.165) is 30.3 Å². The van der Waals surface area contributed by atoms with Crippen LogP contribution in [-0.2, 0) is 6.54 Å². The van der Waals surface area contributed by atoms with Gasteiger partial charge >= 0.3 is 0 Å². The van der Waals surface area contributed by atoms with Gasteiger partial charge in [-0.1, -0.05) is 37.3 Å². The topological polar surface area (TPSA) is 45.2 Å². The van der Waals surface area contributed by atoms with E-state index >= 15 is 0 Å². The lowest BCUT2D eigenvalue weighted by Crippen LogP contribution is -2.34. The van der Waals surface area contributed by atoms with Crippen LogP contribution in [0.5, 0.6) is 0 Å². The summed E-state index contributed by atoms with van der Waals surface area (Å²) in [7, 11) is 0. The molecular formula is C19H23N3O. The quantitative estimate of drug-likeness (QED) is 0.943. The minimum Gasteiger partial charge on any atom is -0.370 e. The first kappa shape index (κ1) is 15.5. The second-order valence-electron chi connectivity index (χ2n) is 6.26. The van der Waals surface area contributed by atoms with Gasteiger partial charge in [0, 0.05) is 19.6 Å². The molecule has 2 heterocycles. The Morgan fingerprint density at radius 3 is 2.78 bits per heavy atom. The highest BCUT2D eigenvalue weighted by atomic mass is 16.1. The molecule has 1 amide bonds. The van der Waals surface area contributed by atoms with Crippen LogP contribution in [0.3, 0.4) is 0 Å². The maximum atomic E-state index is 12.2. The largest absolute Gasteiger partial charge is 0.370 e. The number of aromatic nitrogens is 1. The van der Waals surface area contributed by atoms with Crippen molar-refractivity contribution in [2.75, 3.05) is 18.0 Å². The Kier molecular flexibility index (Phi) is 4.91. The third-order valence-electron chi connectivity index (χ3n) is 4.30. The number of hydrogen-bond donors (Lipinski definition) is 1. The van der Waals surface area contributed by atoms with Crippen LogP contribution in [0.2, 0.25) is 0 Å². The summed E-state index contributed by atoms with van der Waals surface area (Å²) >= 11 is 0. The number of carbonyl (C=O) groups is 1. The number of piperidine rings is 1. The van der Waals surface area contributed by atoms with Crippen molar-refractivity contribution < 1.29 is 4.79 Å². The van der Waals surface area contributed by atoms with Crippen LogP contribution in [0.4, 0.5) is 5.69 Å². The van der Waals surface area contributed by atoms with Crippen LogP contribution in [0.15, 0.2) is 48.7 Å². The van der Waals surface area contributed by atoms with Crippen molar-refractivity contribution in [2.45, 2.75) is 26.3 Å². The SMILES string of the molecule is CC1CCCN(c2ccc(C(=O)NCc3ccccc3)nc2)C1. The van der Waals surface area contributed by atoms with Crippen LogP contribution in [0.1, 0.15) is 35.8 Å². The maximum absolute atomic E-state index is 12.2. The van der Waals surface area contributed by atoms with E-state index in [1.807, 2.05) is 48.7 Å². The Bertz CT molecular complexity index is 639. The van der Waals surface area contributed by atoms with Crippen LogP contribution in [0, 0.1) is 5.92 Å². The predicted molar refractivity (Wildman–Crippen MR) is 92.5 cm³/mol. The van der Waals surface area contributed by atoms with Gasteiger partial charge in [0.25, 0.3) is 5.91 Å². The molecule has 2 aromatic rings. The van der Waals surface area contributed by atoms with Crippen molar-refractivity contribution in [3.05, 3.63) is 59.9 Å². The van der Waals surface area contributed by atoms with Crippen molar-refractivity contribution in [3.8, 4) is 0 Å². The summed E-state index contributed by atoms with van der Waals surface area (Å²) in [5.41, 5.74) is 2.66. The lowest BCUT2D eigenvalue weighted by atomic mass is 10.00. The molecule has 4 nitrogen and oxygen atoms in total. The molecular weight excluding hydrogens is 286 g/mol. The van der Waals surface area contributed by atoms with Crippen LogP contribution in [-0.4, -0.2) is 24.0 Å². The van der Waals surface area contributed by atoms with E-state index < -0.39 is 0 Å². The Morgan fingerprint density at radius 1 is 1.26 bits per heavy atom. The number of carbonyl (C=O) groups excluding carboxylic acids is 1. The number of nitrogens with one attached hydrogen (secondary N) is 1. The maximum Gasteiger partial charge on any atom is 0.270 e. The summed E-state index contributed by atoms with van der Waals surface area (Å²) in [4.78, 5) is 18.9. The fourth-order valence-electron chi connectivity index (χ4n) is 3.00. The summed E-state index contributed by atoms with van der Waals surface area (Å²) in [6.07, 6.45) is 4.33. The minimum atomic E-state index is -0.132. The van der Waals surface area contributed by atoms with E-state index in [9.17, 15) is 4.79 Å². The molecule has 0 radical (unpaired) electrons. The molecule has 0 bridgehead atoms. The van der Waals surface area contributed by atoms with Crippen LogP contribution < -0.4 is 10.2 Å². The average Bonchev–Trinajstić information content (AvgIpc) is 2.61. The van der Waals surface area contributed by atoms with Gasteiger partial charge in [-0.3, -0.25) is 4.79 Å². The smallest absolute Gasteiger partial charge is 0.270 e. The lowest BCUT2D eigenvalue weighted by Gasteiger charge is -2.32. The van der Waals surface area contributed by atoms with E-state index in [1.54, 1.807) is 0 Å². The molecule has 0 aliphatic carbocycles. The van der Waals surface area contributed by atoms with Gasteiger partial charge in [0.15, 0.2) is 0 Å². The molecule has 1 aliphatic heterocycles. The summed E-state index contributed by atoms with van der Waals surface area (Å²) < 4.78 is 0. The van der Waals surface area contributed by atoms with E-state index in [1.165, 1.54) is 12.8 Å². The molecule has 1 saturated heterocycles. The number of pyridine rings is 1. The molecule has 0 saturated carbocycles.